The monoisotopic (exact) mass is 264 g/mol. The highest BCUT2D eigenvalue weighted by Gasteiger charge is 2.03. The fourth-order valence-electron chi connectivity index (χ4n) is 1.82. The number of aromatic nitrogens is 1. The summed E-state index contributed by atoms with van der Waals surface area (Å²) >= 11 is 1.74. The van der Waals surface area contributed by atoms with Crippen LogP contribution in [0, 0.1) is 0 Å². The standard InChI is InChI=1S/C13H16N2O2S/c16-12(15-17)8-2-1-3-9-13-14-10-6-4-5-7-11(10)18-13/h4-7,17H,1-3,8-9H2,(H,15,16). The minimum atomic E-state index is -0.310. The minimum Gasteiger partial charge on any atom is -0.289 e. The Bertz CT molecular complexity index is 491. The number of unbranched alkanes of at least 4 members (excludes halogenated alkanes) is 2. The zero-order valence-electron chi connectivity index (χ0n) is 10.1. The van der Waals surface area contributed by atoms with Gasteiger partial charge in [-0.15, -0.1) is 11.3 Å². The summed E-state index contributed by atoms with van der Waals surface area (Å²) in [5.41, 5.74) is 2.71. The minimum absolute atomic E-state index is 0.310. The summed E-state index contributed by atoms with van der Waals surface area (Å²) in [5.74, 6) is -0.310. The molecular formula is C13H16N2O2S. The average Bonchev–Trinajstić information content (AvgIpc) is 2.80. The molecule has 2 N–H and O–H groups in total. The van der Waals surface area contributed by atoms with Gasteiger partial charge in [0.05, 0.1) is 15.2 Å². The van der Waals surface area contributed by atoms with Gasteiger partial charge in [0.2, 0.25) is 5.91 Å². The molecule has 96 valence electrons. The molecule has 0 saturated carbocycles. The molecule has 0 bridgehead atoms. The van der Waals surface area contributed by atoms with Crippen LogP contribution < -0.4 is 5.48 Å². The molecule has 4 nitrogen and oxygen atoms in total. The number of carbonyl (C=O) groups excluding carboxylic acids is 1. The van der Waals surface area contributed by atoms with Crippen LogP contribution in [0.2, 0.25) is 0 Å². The number of fused-ring (bicyclic) bond motifs is 1. The zero-order valence-corrected chi connectivity index (χ0v) is 10.9. The number of benzene rings is 1. The van der Waals surface area contributed by atoms with Crippen molar-refractivity contribution >= 4 is 27.5 Å². The van der Waals surface area contributed by atoms with Gasteiger partial charge in [-0.3, -0.25) is 10.0 Å². The highest BCUT2D eigenvalue weighted by Crippen LogP contribution is 2.22. The Morgan fingerprint density at radius 3 is 2.89 bits per heavy atom. The lowest BCUT2D eigenvalue weighted by Gasteiger charge is -1.98. The summed E-state index contributed by atoms with van der Waals surface area (Å²) in [5, 5.41) is 9.50. The van der Waals surface area contributed by atoms with Gasteiger partial charge >= 0.3 is 0 Å². The van der Waals surface area contributed by atoms with Gasteiger partial charge in [0.25, 0.3) is 0 Å². The summed E-state index contributed by atoms with van der Waals surface area (Å²) in [7, 11) is 0. The highest BCUT2D eigenvalue weighted by molar-refractivity contribution is 7.18. The Hall–Kier alpha value is -1.46. The fraction of sp³-hybridized carbons (Fsp3) is 0.385. The van der Waals surface area contributed by atoms with E-state index < -0.39 is 0 Å². The fourth-order valence-corrected chi connectivity index (χ4v) is 2.83. The zero-order chi connectivity index (χ0) is 12.8. The lowest BCUT2D eigenvalue weighted by atomic mass is 10.1. The van der Waals surface area contributed by atoms with E-state index in [1.54, 1.807) is 16.8 Å². The molecule has 1 aromatic carbocycles. The topological polar surface area (TPSA) is 62.2 Å². The normalized spacial score (nSPS) is 10.7. The smallest absolute Gasteiger partial charge is 0.243 e. The van der Waals surface area contributed by atoms with Crippen molar-refractivity contribution in [3.05, 3.63) is 29.3 Å². The van der Waals surface area contributed by atoms with Gasteiger partial charge in [-0.05, 0) is 31.4 Å². The maximum Gasteiger partial charge on any atom is 0.243 e. The number of para-hydroxylation sites is 1. The number of nitrogens with zero attached hydrogens (tertiary/aromatic N) is 1. The SMILES string of the molecule is O=C(CCCCCc1nc2ccccc2s1)NO. The number of rotatable bonds is 6. The van der Waals surface area contributed by atoms with Gasteiger partial charge < -0.3 is 0 Å². The molecule has 0 fully saturated rings. The van der Waals surface area contributed by atoms with Gasteiger partial charge in [-0.2, -0.15) is 0 Å². The van der Waals surface area contributed by atoms with Crippen molar-refractivity contribution in [3.63, 3.8) is 0 Å². The first-order valence-corrected chi connectivity index (χ1v) is 6.88. The molecule has 0 aliphatic rings. The van der Waals surface area contributed by atoms with Crippen molar-refractivity contribution in [1.29, 1.82) is 0 Å². The molecule has 2 rings (SSSR count). The molecule has 0 aliphatic carbocycles. The quantitative estimate of drug-likeness (QED) is 0.479. The average molecular weight is 264 g/mol. The second-order valence-electron chi connectivity index (χ2n) is 4.17. The number of thiazole rings is 1. The number of hydroxylamine groups is 1. The molecule has 0 spiro atoms. The molecule has 1 aromatic heterocycles. The number of amides is 1. The van der Waals surface area contributed by atoms with E-state index in [0.29, 0.717) is 6.42 Å². The first-order chi connectivity index (χ1) is 8.79. The van der Waals surface area contributed by atoms with E-state index in [-0.39, 0.29) is 5.91 Å². The maximum absolute atomic E-state index is 10.8. The van der Waals surface area contributed by atoms with E-state index in [9.17, 15) is 4.79 Å². The molecule has 5 heteroatoms. The van der Waals surface area contributed by atoms with E-state index >= 15 is 0 Å². The molecule has 0 atom stereocenters. The van der Waals surface area contributed by atoms with Crippen molar-refractivity contribution in [2.24, 2.45) is 0 Å². The molecular weight excluding hydrogens is 248 g/mol. The van der Waals surface area contributed by atoms with Crippen molar-refractivity contribution in [1.82, 2.24) is 10.5 Å². The van der Waals surface area contributed by atoms with E-state index in [2.05, 4.69) is 11.1 Å². The Balaban J connectivity index is 1.75. The van der Waals surface area contributed by atoms with Crippen molar-refractivity contribution in [2.75, 3.05) is 0 Å². The third-order valence-corrected chi connectivity index (χ3v) is 3.85. The van der Waals surface area contributed by atoms with Crippen LogP contribution in [0.15, 0.2) is 24.3 Å². The highest BCUT2D eigenvalue weighted by atomic mass is 32.1. The van der Waals surface area contributed by atoms with E-state index in [1.165, 1.54) is 4.70 Å². The van der Waals surface area contributed by atoms with Crippen molar-refractivity contribution in [2.45, 2.75) is 32.1 Å². The van der Waals surface area contributed by atoms with Gasteiger partial charge in [-0.1, -0.05) is 18.6 Å². The number of hydrogen-bond donors (Lipinski definition) is 2. The second kappa shape index (κ2) is 6.47. The molecule has 0 aliphatic heterocycles. The van der Waals surface area contributed by atoms with E-state index in [1.807, 2.05) is 18.2 Å². The number of nitrogens with one attached hydrogen (secondary N) is 1. The number of aryl methyl sites for hydroxylation is 1. The van der Waals surface area contributed by atoms with Gasteiger partial charge in [0, 0.05) is 6.42 Å². The molecule has 18 heavy (non-hydrogen) atoms. The van der Waals surface area contributed by atoms with Gasteiger partial charge in [0.1, 0.15) is 0 Å². The number of hydrogen-bond acceptors (Lipinski definition) is 4. The summed E-state index contributed by atoms with van der Waals surface area (Å²) in [4.78, 5) is 15.4. The van der Waals surface area contributed by atoms with Crippen LogP contribution in [0.1, 0.15) is 30.7 Å². The largest absolute Gasteiger partial charge is 0.289 e. The molecule has 0 unspecified atom stereocenters. The van der Waals surface area contributed by atoms with Crippen LogP contribution >= 0.6 is 11.3 Å². The van der Waals surface area contributed by atoms with Crippen molar-refractivity contribution in [3.8, 4) is 0 Å². The van der Waals surface area contributed by atoms with Gasteiger partial charge in [-0.25, -0.2) is 10.5 Å². The van der Waals surface area contributed by atoms with Crippen molar-refractivity contribution < 1.29 is 10.0 Å². The molecule has 1 heterocycles. The molecule has 0 radical (unpaired) electrons. The predicted octanol–water partition coefficient (Wildman–Crippen LogP) is 2.90. The lowest BCUT2D eigenvalue weighted by molar-refractivity contribution is -0.129. The summed E-state index contributed by atoms with van der Waals surface area (Å²) in [6, 6.07) is 8.14. The Labute approximate surface area is 110 Å². The molecule has 1 amide bonds. The predicted molar refractivity (Wildman–Crippen MR) is 71.7 cm³/mol. The lowest BCUT2D eigenvalue weighted by Crippen LogP contribution is -2.17. The van der Waals surface area contributed by atoms with Gasteiger partial charge in [0.15, 0.2) is 0 Å². The van der Waals surface area contributed by atoms with Crippen LogP contribution in [0.25, 0.3) is 10.2 Å². The Kier molecular flexibility index (Phi) is 4.66. The van der Waals surface area contributed by atoms with Crippen LogP contribution in [0.3, 0.4) is 0 Å². The third kappa shape index (κ3) is 3.51. The molecule has 2 aromatic rings. The molecule has 0 saturated heterocycles. The summed E-state index contributed by atoms with van der Waals surface area (Å²) < 4.78 is 1.23. The second-order valence-corrected chi connectivity index (χ2v) is 5.29. The Morgan fingerprint density at radius 1 is 1.28 bits per heavy atom. The first kappa shape index (κ1) is 13.0. The van der Waals surface area contributed by atoms with E-state index in [4.69, 9.17) is 5.21 Å². The van der Waals surface area contributed by atoms with E-state index in [0.717, 1.165) is 36.2 Å². The first-order valence-electron chi connectivity index (χ1n) is 6.07. The van der Waals surface area contributed by atoms with Crippen LogP contribution in [-0.4, -0.2) is 16.1 Å². The number of carbonyl (C=O) groups is 1. The maximum atomic E-state index is 10.8. The summed E-state index contributed by atoms with van der Waals surface area (Å²) in [6.45, 7) is 0. The summed E-state index contributed by atoms with van der Waals surface area (Å²) in [6.07, 6.45) is 4.15. The van der Waals surface area contributed by atoms with Crippen LogP contribution in [-0.2, 0) is 11.2 Å². The van der Waals surface area contributed by atoms with Crippen LogP contribution in [0.4, 0.5) is 0 Å². The van der Waals surface area contributed by atoms with Crippen LogP contribution in [0.5, 0.6) is 0 Å². The Morgan fingerprint density at radius 2 is 2.11 bits per heavy atom. The third-order valence-electron chi connectivity index (χ3n) is 2.76.